The van der Waals surface area contributed by atoms with E-state index in [1.54, 1.807) is 0 Å². The van der Waals surface area contributed by atoms with Crippen molar-refractivity contribution in [1.29, 1.82) is 0 Å². The number of hydrogen-bond donors (Lipinski definition) is 0. The van der Waals surface area contributed by atoms with E-state index in [0.717, 1.165) is 79.1 Å². The van der Waals surface area contributed by atoms with E-state index in [1.165, 1.54) is 122 Å². The molecule has 0 aliphatic carbocycles. The smallest absolute Gasteiger partial charge is 0.493 e. The van der Waals surface area contributed by atoms with Gasteiger partial charge in [-0.15, -0.1) is 0 Å². The Morgan fingerprint density at radius 2 is 0.349 bits per heavy atom. The minimum atomic E-state index is -1.94. The number of carbonyl (C=O) groups is 12. The fraction of sp³-hybridized carbons (Fsp3) is 0.385. The van der Waals surface area contributed by atoms with Crippen LogP contribution in [-0.4, -0.2) is 240 Å². The first kappa shape index (κ1) is 99.0. The van der Waals surface area contributed by atoms with Crippen LogP contribution in [-0.2, 0) is 87.1 Å². The molecule has 48 heteroatoms. The first-order valence-electron chi connectivity index (χ1n) is 35.8. The van der Waals surface area contributed by atoms with Gasteiger partial charge in [-0.2, -0.15) is 28.8 Å². The molecule has 0 saturated heterocycles. The molecular formula is C78H86O48. The molecule has 0 fully saturated rings. The number of carbonyl (C=O) groups excluding carboxylic acids is 12. The first-order valence-corrected chi connectivity index (χ1v) is 35.8. The molecule has 0 N–H and O–H groups in total. The molecule has 0 aliphatic heterocycles. The molecule has 0 heterocycles. The van der Waals surface area contributed by atoms with Gasteiger partial charge < -0.3 is 114 Å². The van der Waals surface area contributed by atoms with Gasteiger partial charge in [0.25, 0.3) is 0 Å². The third kappa shape index (κ3) is 25.6. The van der Waals surface area contributed by atoms with Crippen LogP contribution in [0.3, 0.4) is 0 Å². The summed E-state index contributed by atoms with van der Waals surface area (Å²) in [5.74, 6) is -18.1. The molecule has 0 radical (unpaired) electrons. The average molecular weight is 1790 g/mol. The molecule has 0 aliphatic rings. The maximum Gasteiger partial charge on any atom is 0.549 e. The van der Waals surface area contributed by atoms with Crippen LogP contribution < -0.4 is 85.3 Å². The zero-order valence-electron chi connectivity index (χ0n) is 70.5. The predicted molar refractivity (Wildman–Crippen MR) is 407 cm³/mol. The van der Waals surface area contributed by atoms with Crippen LogP contribution in [0.5, 0.6) is 103 Å². The molecule has 0 aromatic heterocycles. The van der Waals surface area contributed by atoms with Crippen molar-refractivity contribution in [2.24, 2.45) is 23.7 Å². The summed E-state index contributed by atoms with van der Waals surface area (Å²) in [7, 11) is 21.7. The highest BCUT2D eigenvalue weighted by atomic mass is 17.3. The van der Waals surface area contributed by atoms with Crippen molar-refractivity contribution in [3.05, 3.63) is 106 Å². The van der Waals surface area contributed by atoms with E-state index in [4.69, 9.17) is 172 Å². The molecule has 48 nitrogen and oxygen atoms in total. The van der Waals surface area contributed by atoms with Crippen molar-refractivity contribution in [1.82, 2.24) is 0 Å². The van der Waals surface area contributed by atoms with Gasteiger partial charge in [0.1, 0.15) is 33.4 Å². The summed E-state index contributed by atoms with van der Waals surface area (Å²) in [6.45, 7) is -7.01. The lowest BCUT2D eigenvalue weighted by Crippen LogP contribution is -2.41. The highest BCUT2D eigenvalue weighted by Gasteiger charge is 2.41. The third-order valence-electron chi connectivity index (χ3n) is 17.5. The highest BCUT2D eigenvalue weighted by molar-refractivity contribution is 5.98. The maximum atomic E-state index is 14.1. The Bertz CT molecular complexity index is 4490. The summed E-state index contributed by atoms with van der Waals surface area (Å²) in [6, 6.07) is 14.3. The third-order valence-corrected chi connectivity index (χ3v) is 17.5. The largest absolute Gasteiger partial charge is 0.549 e. The molecule has 6 aromatic carbocycles. The monoisotopic (exact) mass is 1790 g/mol. The SMILES string of the molecule is COc1ccc(C(=O)OOC(=O)OCCC(COC(=O)OOC(=O)c2ccc(OC)c(OC)c2OC)C(COC(=O)OOC(=O)c2ccc(OC)c(OC)c2OC)C(COC(=O)OOC(=O)c2ccc(OC)c(OC)c2OC)C(CCOC(=O)OOC(=O)c2ccc(OC)c(OC)c2OC)COC(=O)OOC(=O)c2ccc(OC)c(OC)c2OC)c(OC)c1OC. The van der Waals surface area contributed by atoms with Crippen molar-refractivity contribution < 1.29 is 230 Å². The standard InChI is InChI=1S/C78H86O48/c1-91-49-25-19-41(55(97-7)61(49)103-13)67(79)115-121-73(85)109-33-31-39(35-111-75(87)123-117-69(81)43-21-27-51(93-3)63(105-15)57(43)99-9)47(37-113-77(89)125-119-71(83)45-23-29-53(95-5)65(107-17)59(45)101-11)48(38-114-78(90)126-120-72(84)46-24-30-54(96-6)66(108-18)60(46)102-12)40(36-112-76(88)124-118-70(82)44-22-28-52(94-4)64(106-16)58(44)100-10)32-34-110-74(86)122-116-68(80)42-20-26-50(92-2)62(104-14)56(42)98-8/h19-30,39-40,47-48H,31-38H2,1-18H3. The molecule has 4 atom stereocenters. The van der Waals surface area contributed by atoms with Gasteiger partial charge in [-0.05, 0) is 85.6 Å². The van der Waals surface area contributed by atoms with E-state index in [2.05, 4.69) is 0 Å². The second kappa shape index (κ2) is 49.8. The van der Waals surface area contributed by atoms with Gasteiger partial charge in [0, 0.05) is 23.7 Å². The Morgan fingerprint density at radius 3 is 0.508 bits per heavy atom. The van der Waals surface area contributed by atoms with Gasteiger partial charge in [-0.25, -0.2) is 87.4 Å². The van der Waals surface area contributed by atoms with Crippen LogP contribution in [0.15, 0.2) is 72.8 Å². The van der Waals surface area contributed by atoms with Crippen LogP contribution in [0.25, 0.3) is 0 Å². The Kier molecular flexibility index (Phi) is 39.1. The van der Waals surface area contributed by atoms with E-state index < -0.39 is 182 Å². The minimum Gasteiger partial charge on any atom is -0.493 e. The van der Waals surface area contributed by atoms with Crippen molar-refractivity contribution in [2.45, 2.75) is 12.8 Å². The van der Waals surface area contributed by atoms with E-state index in [1.807, 2.05) is 0 Å². The summed E-state index contributed by atoms with van der Waals surface area (Å²) in [5.41, 5.74) is -2.57. The normalized spacial score (nSPS) is 11.3. The van der Waals surface area contributed by atoms with Crippen LogP contribution in [0.4, 0.5) is 28.8 Å². The summed E-state index contributed by atoms with van der Waals surface area (Å²) >= 11 is 0. The molecule has 6 rings (SSSR count). The van der Waals surface area contributed by atoms with Crippen molar-refractivity contribution in [2.75, 3.05) is 168 Å². The Balaban J connectivity index is 1.52. The fourth-order valence-corrected chi connectivity index (χ4v) is 11.7. The Hall–Kier alpha value is -15.8. The van der Waals surface area contributed by atoms with Gasteiger partial charge >= 0.3 is 72.7 Å². The van der Waals surface area contributed by atoms with Gasteiger partial charge in [-0.1, -0.05) is 0 Å². The first-order chi connectivity index (χ1) is 60.7. The van der Waals surface area contributed by atoms with Crippen molar-refractivity contribution >= 4 is 72.7 Å². The van der Waals surface area contributed by atoms with Crippen molar-refractivity contribution in [3.8, 4) is 103 Å². The minimum absolute atomic E-state index is 0.0540. The Labute approximate surface area is 714 Å². The van der Waals surface area contributed by atoms with Crippen LogP contribution >= 0.6 is 0 Å². The number of rotatable bonds is 41. The van der Waals surface area contributed by atoms with Crippen LogP contribution in [0.2, 0.25) is 0 Å². The van der Waals surface area contributed by atoms with Crippen LogP contribution in [0, 0.1) is 23.7 Å². The molecule has 0 spiro atoms. The summed E-state index contributed by atoms with van der Waals surface area (Å²) in [6.07, 6.45) is -12.9. The second-order valence-electron chi connectivity index (χ2n) is 23.9. The lowest BCUT2D eigenvalue weighted by molar-refractivity contribution is -0.212. The number of ether oxygens (including phenoxy) is 24. The zero-order chi connectivity index (χ0) is 92.7. The number of hydrogen-bond acceptors (Lipinski definition) is 48. The quantitative estimate of drug-likeness (QED) is 0.0149. The molecule has 126 heavy (non-hydrogen) atoms. The topological polar surface area (TPSA) is 537 Å². The van der Waals surface area contributed by atoms with Gasteiger partial charge in [0.15, 0.2) is 69.0 Å². The van der Waals surface area contributed by atoms with Gasteiger partial charge in [0.2, 0.25) is 34.5 Å². The van der Waals surface area contributed by atoms with E-state index in [-0.39, 0.29) is 103 Å². The predicted octanol–water partition coefficient (Wildman–Crippen LogP) is 9.94. The van der Waals surface area contributed by atoms with Crippen molar-refractivity contribution in [3.63, 3.8) is 0 Å². The Morgan fingerprint density at radius 1 is 0.190 bits per heavy atom. The number of benzene rings is 6. The molecule has 0 saturated carbocycles. The molecular weight excluding hydrogens is 1700 g/mol. The highest BCUT2D eigenvalue weighted by Crippen LogP contribution is 2.46. The summed E-state index contributed by atoms with van der Waals surface area (Å²) < 4.78 is 129. The van der Waals surface area contributed by atoms with Crippen LogP contribution in [0.1, 0.15) is 75.0 Å². The molecule has 0 bridgehead atoms. The molecule has 0 amide bonds. The van der Waals surface area contributed by atoms with Gasteiger partial charge in [0.05, 0.1) is 168 Å². The fourth-order valence-electron chi connectivity index (χ4n) is 11.7. The maximum absolute atomic E-state index is 14.1. The number of methoxy groups -OCH3 is 18. The molecule has 686 valence electrons. The average Bonchev–Trinajstić information content (AvgIpc) is 0.815. The lowest BCUT2D eigenvalue weighted by atomic mass is 9.74. The molecule has 6 aromatic rings. The second-order valence-corrected chi connectivity index (χ2v) is 23.9. The zero-order valence-corrected chi connectivity index (χ0v) is 70.5. The van der Waals surface area contributed by atoms with Gasteiger partial charge in [-0.3, -0.25) is 0 Å². The summed E-state index contributed by atoms with van der Waals surface area (Å²) in [4.78, 5) is 223. The molecule has 4 unspecified atom stereocenters. The van der Waals surface area contributed by atoms with E-state index in [0.29, 0.717) is 0 Å². The summed E-state index contributed by atoms with van der Waals surface area (Å²) in [5, 5.41) is 0. The lowest BCUT2D eigenvalue weighted by Gasteiger charge is -2.36. The van der Waals surface area contributed by atoms with E-state index >= 15 is 0 Å². The van der Waals surface area contributed by atoms with E-state index in [9.17, 15) is 57.5 Å².